The lowest BCUT2D eigenvalue weighted by molar-refractivity contribution is -0.142. The van der Waals surface area contributed by atoms with E-state index >= 15 is 0 Å². The molecule has 0 bridgehead atoms. The third kappa shape index (κ3) is 3.71. The topological polar surface area (TPSA) is 59.0 Å². The average molecular weight is 279 g/mol. The second-order valence-electron chi connectivity index (χ2n) is 4.95. The van der Waals surface area contributed by atoms with E-state index in [1.165, 1.54) is 0 Å². The van der Waals surface area contributed by atoms with Gasteiger partial charge in [-0.3, -0.25) is 4.79 Å². The third-order valence-electron chi connectivity index (χ3n) is 3.32. The fraction of sp³-hybridized carbons (Fsp3) is 0.533. The van der Waals surface area contributed by atoms with Crippen LogP contribution in [0.1, 0.15) is 25.5 Å². The summed E-state index contributed by atoms with van der Waals surface area (Å²) in [6, 6.07) is 7.18. The van der Waals surface area contributed by atoms with Gasteiger partial charge in [0.2, 0.25) is 0 Å². The predicted molar refractivity (Wildman–Crippen MR) is 74.6 cm³/mol. The quantitative estimate of drug-likeness (QED) is 0.904. The third-order valence-corrected chi connectivity index (χ3v) is 3.32. The molecule has 2 rings (SSSR count). The summed E-state index contributed by atoms with van der Waals surface area (Å²) in [5.74, 6) is 0.563. The summed E-state index contributed by atoms with van der Waals surface area (Å²) < 4.78 is 10.9. The van der Waals surface area contributed by atoms with E-state index in [1.807, 2.05) is 12.1 Å². The number of hydrogen-bond donors (Lipinski definition) is 1. The van der Waals surface area contributed by atoms with Crippen molar-refractivity contribution in [2.45, 2.75) is 26.1 Å². The van der Waals surface area contributed by atoms with E-state index < -0.39 is 12.2 Å². The number of aliphatic hydroxyl groups is 1. The molecule has 1 fully saturated rings. The highest BCUT2D eigenvalue weighted by molar-refractivity contribution is 5.81. The van der Waals surface area contributed by atoms with Crippen LogP contribution in [0.2, 0.25) is 0 Å². The molecule has 0 saturated carbocycles. The second kappa shape index (κ2) is 6.72. The standard InChI is InChI=1S/C15H21NO4/c1-11(17)13-4-3-5-14(10-13)20-12(2)15(18)16-6-8-19-9-7-16/h3-5,10-12,17H,6-9H2,1-2H3/t11-,12?/m1/s1. The van der Waals surface area contributed by atoms with E-state index in [1.54, 1.807) is 30.9 Å². The zero-order valence-electron chi connectivity index (χ0n) is 11.9. The summed E-state index contributed by atoms with van der Waals surface area (Å²) in [5.41, 5.74) is 0.772. The van der Waals surface area contributed by atoms with E-state index in [4.69, 9.17) is 9.47 Å². The van der Waals surface area contributed by atoms with E-state index in [-0.39, 0.29) is 5.91 Å². The number of aliphatic hydroxyl groups excluding tert-OH is 1. The Balaban J connectivity index is 1.97. The number of nitrogens with zero attached hydrogens (tertiary/aromatic N) is 1. The van der Waals surface area contributed by atoms with E-state index in [0.717, 1.165) is 5.56 Å². The van der Waals surface area contributed by atoms with Crippen molar-refractivity contribution in [2.24, 2.45) is 0 Å². The van der Waals surface area contributed by atoms with Crippen molar-refractivity contribution in [1.82, 2.24) is 4.90 Å². The van der Waals surface area contributed by atoms with Gasteiger partial charge in [-0.25, -0.2) is 0 Å². The molecule has 5 nitrogen and oxygen atoms in total. The molecule has 1 aliphatic rings. The first kappa shape index (κ1) is 14.8. The first-order chi connectivity index (χ1) is 9.58. The van der Waals surface area contributed by atoms with Crippen molar-refractivity contribution in [3.63, 3.8) is 0 Å². The summed E-state index contributed by atoms with van der Waals surface area (Å²) in [5, 5.41) is 9.55. The Morgan fingerprint density at radius 2 is 2.05 bits per heavy atom. The highest BCUT2D eigenvalue weighted by Crippen LogP contribution is 2.20. The molecule has 110 valence electrons. The second-order valence-corrected chi connectivity index (χ2v) is 4.95. The molecular weight excluding hydrogens is 258 g/mol. The molecule has 1 N–H and O–H groups in total. The fourth-order valence-corrected chi connectivity index (χ4v) is 2.14. The number of morpholine rings is 1. The number of carbonyl (C=O) groups excluding carboxylic acids is 1. The zero-order chi connectivity index (χ0) is 14.5. The highest BCUT2D eigenvalue weighted by atomic mass is 16.5. The van der Waals surface area contributed by atoms with E-state index in [2.05, 4.69) is 0 Å². The molecule has 2 atom stereocenters. The van der Waals surface area contributed by atoms with Gasteiger partial charge in [-0.2, -0.15) is 0 Å². The Bertz CT molecular complexity index is 455. The Morgan fingerprint density at radius 3 is 2.70 bits per heavy atom. The van der Waals surface area contributed by atoms with Gasteiger partial charge in [0.1, 0.15) is 5.75 Å². The van der Waals surface area contributed by atoms with Gasteiger partial charge in [0.05, 0.1) is 19.3 Å². The number of carbonyl (C=O) groups is 1. The maximum absolute atomic E-state index is 12.2. The number of ether oxygens (including phenoxy) is 2. The molecule has 0 aromatic heterocycles. The fourth-order valence-electron chi connectivity index (χ4n) is 2.14. The van der Waals surface area contributed by atoms with Crippen LogP contribution >= 0.6 is 0 Å². The first-order valence-electron chi connectivity index (χ1n) is 6.89. The lowest BCUT2D eigenvalue weighted by atomic mass is 10.1. The molecule has 1 aliphatic heterocycles. The number of amides is 1. The van der Waals surface area contributed by atoms with Gasteiger partial charge in [0.25, 0.3) is 5.91 Å². The number of benzene rings is 1. The highest BCUT2D eigenvalue weighted by Gasteiger charge is 2.23. The summed E-state index contributed by atoms with van der Waals surface area (Å²) in [6.07, 6.45) is -1.10. The SMILES string of the molecule is CC(Oc1cccc([C@@H](C)O)c1)C(=O)N1CCOCC1. The summed E-state index contributed by atoms with van der Waals surface area (Å²) in [7, 11) is 0. The van der Waals surface area contributed by atoms with Crippen LogP contribution in [0.5, 0.6) is 5.75 Å². The van der Waals surface area contributed by atoms with Gasteiger partial charge in [-0.05, 0) is 31.5 Å². The molecule has 0 spiro atoms. The predicted octanol–water partition coefficient (Wildman–Crippen LogP) is 1.37. The molecule has 0 aliphatic carbocycles. The molecule has 20 heavy (non-hydrogen) atoms. The number of hydrogen-bond acceptors (Lipinski definition) is 4. The first-order valence-corrected chi connectivity index (χ1v) is 6.89. The Labute approximate surface area is 119 Å². The molecule has 1 aromatic rings. The maximum Gasteiger partial charge on any atom is 0.263 e. The molecular formula is C15H21NO4. The zero-order valence-corrected chi connectivity index (χ0v) is 11.9. The van der Waals surface area contributed by atoms with Crippen LogP contribution < -0.4 is 4.74 Å². The minimum atomic E-state index is -0.552. The minimum Gasteiger partial charge on any atom is -0.481 e. The van der Waals surface area contributed by atoms with Crippen LogP contribution in [0.4, 0.5) is 0 Å². The van der Waals surface area contributed by atoms with Crippen molar-refractivity contribution in [2.75, 3.05) is 26.3 Å². The summed E-state index contributed by atoms with van der Waals surface area (Å²) in [6.45, 7) is 5.82. The molecule has 1 heterocycles. The van der Waals surface area contributed by atoms with Gasteiger partial charge in [0.15, 0.2) is 6.10 Å². The Hall–Kier alpha value is -1.59. The molecule has 1 saturated heterocycles. The normalized spacial score (nSPS) is 18.4. The van der Waals surface area contributed by atoms with Gasteiger partial charge >= 0.3 is 0 Å². The molecule has 1 amide bonds. The maximum atomic E-state index is 12.2. The van der Waals surface area contributed by atoms with Crippen molar-refractivity contribution in [1.29, 1.82) is 0 Å². The summed E-state index contributed by atoms with van der Waals surface area (Å²) >= 11 is 0. The van der Waals surface area contributed by atoms with Crippen molar-refractivity contribution in [3.05, 3.63) is 29.8 Å². The van der Waals surface area contributed by atoms with Crippen molar-refractivity contribution in [3.8, 4) is 5.75 Å². The van der Waals surface area contributed by atoms with Crippen LogP contribution in [0, 0.1) is 0 Å². The van der Waals surface area contributed by atoms with Gasteiger partial charge in [-0.15, -0.1) is 0 Å². The molecule has 1 unspecified atom stereocenters. The van der Waals surface area contributed by atoms with Crippen LogP contribution in [0.25, 0.3) is 0 Å². The van der Waals surface area contributed by atoms with Crippen LogP contribution in [-0.4, -0.2) is 48.3 Å². The number of rotatable bonds is 4. The van der Waals surface area contributed by atoms with Crippen LogP contribution in [0.3, 0.4) is 0 Å². The van der Waals surface area contributed by atoms with E-state index in [9.17, 15) is 9.90 Å². The van der Waals surface area contributed by atoms with Crippen LogP contribution in [-0.2, 0) is 9.53 Å². The van der Waals surface area contributed by atoms with Gasteiger partial charge < -0.3 is 19.5 Å². The Morgan fingerprint density at radius 1 is 1.35 bits per heavy atom. The summed E-state index contributed by atoms with van der Waals surface area (Å²) in [4.78, 5) is 14.0. The lowest BCUT2D eigenvalue weighted by Gasteiger charge is -2.29. The van der Waals surface area contributed by atoms with Gasteiger partial charge in [0, 0.05) is 13.1 Å². The van der Waals surface area contributed by atoms with Crippen LogP contribution in [0.15, 0.2) is 24.3 Å². The largest absolute Gasteiger partial charge is 0.481 e. The monoisotopic (exact) mass is 279 g/mol. The Kier molecular flexibility index (Phi) is 4.98. The molecule has 0 radical (unpaired) electrons. The smallest absolute Gasteiger partial charge is 0.263 e. The van der Waals surface area contributed by atoms with Crippen molar-refractivity contribution >= 4 is 5.91 Å². The molecule has 5 heteroatoms. The minimum absolute atomic E-state index is 0.0317. The van der Waals surface area contributed by atoms with Crippen molar-refractivity contribution < 1.29 is 19.4 Å². The lowest BCUT2D eigenvalue weighted by Crippen LogP contribution is -2.46. The van der Waals surface area contributed by atoms with E-state index in [0.29, 0.717) is 32.1 Å². The average Bonchev–Trinajstić information content (AvgIpc) is 2.47. The van der Waals surface area contributed by atoms with Gasteiger partial charge in [-0.1, -0.05) is 12.1 Å². The molecule has 1 aromatic carbocycles.